The van der Waals surface area contributed by atoms with Gasteiger partial charge in [-0.1, -0.05) is 127 Å². The molecule has 0 amide bonds. The Morgan fingerprint density at radius 3 is 1.81 bits per heavy atom. The highest BCUT2D eigenvalue weighted by atomic mass is 32.1. The van der Waals surface area contributed by atoms with Crippen LogP contribution in [0.5, 0.6) is 0 Å². The molecule has 0 radical (unpaired) electrons. The summed E-state index contributed by atoms with van der Waals surface area (Å²) in [5.41, 5.74) is 9.27. The third kappa shape index (κ3) is 5.26. The molecule has 0 saturated carbocycles. The predicted molar refractivity (Wildman–Crippen MR) is 244 cm³/mol. The molecule has 4 heterocycles. The molecule has 57 heavy (non-hydrogen) atoms. The molecule has 1 N–H and O–H groups in total. The van der Waals surface area contributed by atoms with Gasteiger partial charge in [-0.3, -0.25) is 0 Å². The summed E-state index contributed by atoms with van der Waals surface area (Å²) in [4.78, 5) is 10.1. The molecular formula is C51H32N4S2. The van der Waals surface area contributed by atoms with Gasteiger partial charge in [-0.2, -0.15) is 0 Å². The van der Waals surface area contributed by atoms with Crippen LogP contribution in [0.3, 0.4) is 0 Å². The molecule has 1 aliphatic rings. The minimum atomic E-state index is -0.239. The van der Waals surface area contributed by atoms with Crippen LogP contribution in [0.1, 0.15) is 22.9 Å². The average molecular weight is 765 g/mol. The van der Waals surface area contributed by atoms with E-state index in [1.807, 2.05) is 46.9 Å². The minimum Gasteiger partial charge on any atom is -0.344 e. The van der Waals surface area contributed by atoms with E-state index >= 15 is 0 Å². The van der Waals surface area contributed by atoms with Gasteiger partial charge < -0.3 is 9.88 Å². The summed E-state index contributed by atoms with van der Waals surface area (Å²) in [6.07, 6.45) is -0.239. The predicted octanol–water partition coefficient (Wildman–Crippen LogP) is 13.7. The van der Waals surface area contributed by atoms with Crippen LogP contribution in [-0.4, -0.2) is 16.2 Å². The van der Waals surface area contributed by atoms with Gasteiger partial charge in [0.15, 0.2) is 5.84 Å². The smallest absolute Gasteiger partial charge is 0.159 e. The molecule has 12 rings (SSSR count). The van der Waals surface area contributed by atoms with E-state index in [1.54, 1.807) is 0 Å². The van der Waals surface area contributed by atoms with Crippen molar-refractivity contribution in [3.05, 3.63) is 199 Å². The van der Waals surface area contributed by atoms with E-state index < -0.39 is 0 Å². The number of thiophene rings is 2. The number of aromatic nitrogens is 1. The number of aliphatic imine (C=N–C) groups is 2. The first-order valence-electron chi connectivity index (χ1n) is 19.2. The number of benzene rings is 8. The summed E-state index contributed by atoms with van der Waals surface area (Å²) < 4.78 is 7.57. The molecule has 1 atom stereocenters. The maximum absolute atomic E-state index is 5.09. The molecule has 0 spiro atoms. The van der Waals surface area contributed by atoms with Gasteiger partial charge in [-0.25, -0.2) is 9.98 Å². The number of nitrogens with one attached hydrogen (secondary N) is 1. The molecular weight excluding hydrogens is 733 g/mol. The lowest BCUT2D eigenvalue weighted by molar-refractivity contribution is 0.674. The minimum absolute atomic E-state index is 0.239. The second-order valence-electron chi connectivity index (χ2n) is 14.6. The molecule has 11 aromatic rings. The lowest BCUT2D eigenvalue weighted by atomic mass is 10.0. The molecule has 0 fully saturated rings. The lowest BCUT2D eigenvalue weighted by Crippen LogP contribution is -2.33. The Balaban J connectivity index is 0.955. The van der Waals surface area contributed by atoms with Crippen molar-refractivity contribution in [3.8, 4) is 16.8 Å². The van der Waals surface area contributed by atoms with Crippen LogP contribution in [0.4, 0.5) is 0 Å². The van der Waals surface area contributed by atoms with E-state index in [-0.39, 0.29) is 6.17 Å². The van der Waals surface area contributed by atoms with Crippen LogP contribution in [-0.2, 0) is 0 Å². The summed E-state index contributed by atoms with van der Waals surface area (Å²) in [5.74, 6) is 1.56. The first kappa shape index (κ1) is 32.4. The van der Waals surface area contributed by atoms with Gasteiger partial charge in [-0.05, 0) is 71.3 Å². The largest absolute Gasteiger partial charge is 0.344 e. The Morgan fingerprint density at radius 1 is 0.439 bits per heavy atom. The van der Waals surface area contributed by atoms with Crippen LogP contribution in [0.15, 0.2) is 192 Å². The topological polar surface area (TPSA) is 41.7 Å². The van der Waals surface area contributed by atoms with Crippen molar-refractivity contribution in [1.29, 1.82) is 0 Å². The molecule has 4 nitrogen and oxygen atoms in total. The van der Waals surface area contributed by atoms with Gasteiger partial charge >= 0.3 is 0 Å². The van der Waals surface area contributed by atoms with E-state index in [2.05, 4.69) is 168 Å². The summed E-state index contributed by atoms with van der Waals surface area (Å²) in [6.45, 7) is 0. The number of hydrogen-bond acceptors (Lipinski definition) is 5. The third-order valence-corrected chi connectivity index (χ3v) is 13.6. The van der Waals surface area contributed by atoms with E-state index in [9.17, 15) is 0 Å². The zero-order valence-electron chi connectivity index (χ0n) is 30.6. The van der Waals surface area contributed by atoms with Gasteiger partial charge in [0.05, 0.1) is 21.4 Å². The molecule has 268 valence electrons. The number of amidine groups is 2. The molecule has 0 bridgehead atoms. The fourth-order valence-electron chi connectivity index (χ4n) is 8.54. The van der Waals surface area contributed by atoms with Gasteiger partial charge in [0.1, 0.15) is 12.0 Å². The van der Waals surface area contributed by atoms with Gasteiger partial charge in [0.2, 0.25) is 0 Å². The Kier molecular flexibility index (Phi) is 7.30. The normalized spacial score (nSPS) is 14.5. The molecule has 0 saturated heterocycles. The van der Waals surface area contributed by atoms with E-state index in [0.717, 1.165) is 28.4 Å². The van der Waals surface area contributed by atoms with Crippen molar-refractivity contribution in [2.24, 2.45) is 9.98 Å². The molecule has 0 aliphatic carbocycles. The summed E-state index contributed by atoms with van der Waals surface area (Å²) >= 11 is 3.73. The zero-order chi connectivity index (χ0) is 37.5. The first-order chi connectivity index (χ1) is 28.2. The lowest BCUT2D eigenvalue weighted by Gasteiger charge is -2.23. The Bertz CT molecular complexity index is 3390. The third-order valence-electron chi connectivity index (χ3n) is 11.3. The number of rotatable bonds is 5. The van der Waals surface area contributed by atoms with Crippen molar-refractivity contribution >= 4 is 96.5 Å². The van der Waals surface area contributed by atoms with Gasteiger partial charge in [-0.15, -0.1) is 22.7 Å². The SMILES string of the molecule is c1ccc(C2=NC(c3ccccc3)NC(c3ccc4sc5ccc(-c6ccc7c(c6)sc6c(-n8c9ccccc9c9ccccc98)cccc67)cc5c4c3)=N2)cc1. The van der Waals surface area contributed by atoms with Crippen molar-refractivity contribution in [2.45, 2.75) is 6.17 Å². The van der Waals surface area contributed by atoms with Crippen LogP contribution in [0.25, 0.3) is 79.0 Å². The maximum Gasteiger partial charge on any atom is 0.159 e. The van der Waals surface area contributed by atoms with E-state index in [4.69, 9.17) is 9.98 Å². The standard InChI is InChI=1S/C51H32N4S2/c1-3-12-31(13-4-1)49-52-50(32-14-5-2-6-15-32)54-51(53-49)35-24-27-46-41(29-35)40-28-33(23-26-45(40)56-46)34-22-25-38-39-18-11-21-44(48(39)57-47(38)30-34)55-42-19-9-7-16-36(42)37-17-8-10-20-43(37)55/h1-30,49H,(H,52,53,54). The zero-order valence-corrected chi connectivity index (χ0v) is 32.2. The van der Waals surface area contributed by atoms with Crippen LogP contribution in [0, 0.1) is 0 Å². The number of fused-ring (bicyclic) bond motifs is 9. The van der Waals surface area contributed by atoms with Crippen LogP contribution < -0.4 is 5.32 Å². The molecule has 6 heteroatoms. The van der Waals surface area contributed by atoms with Gasteiger partial charge in [0.25, 0.3) is 0 Å². The van der Waals surface area contributed by atoms with Gasteiger partial charge in [0, 0.05) is 57.5 Å². The summed E-state index contributed by atoms with van der Waals surface area (Å²) in [7, 11) is 0. The quantitative estimate of drug-likeness (QED) is 0.186. The van der Waals surface area contributed by atoms with Crippen LogP contribution >= 0.6 is 22.7 Å². The van der Waals surface area contributed by atoms with Crippen molar-refractivity contribution in [3.63, 3.8) is 0 Å². The maximum atomic E-state index is 5.09. The van der Waals surface area contributed by atoms with Crippen LogP contribution in [0.2, 0.25) is 0 Å². The van der Waals surface area contributed by atoms with Crippen molar-refractivity contribution < 1.29 is 0 Å². The molecule has 8 aromatic carbocycles. The highest BCUT2D eigenvalue weighted by Crippen LogP contribution is 2.43. The Hall–Kier alpha value is -6.86. The Morgan fingerprint density at radius 2 is 1.05 bits per heavy atom. The molecule has 1 aliphatic heterocycles. The van der Waals surface area contributed by atoms with E-state index in [1.165, 1.54) is 79.0 Å². The second-order valence-corrected chi connectivity index (χ2v) is 16.7. The average Bonchev–Trinajstić information content (AvgIpc) is 3.95. The monoisotopic (exact) mass is 764 g/mol. The fraction of sp³-hybridized carbons (Fsp3) is 0.0196. The highest BCUT2D eigenvalue weighted by molar-refractivity contribution is 7.26. The second kappa shape index (κ2) is 12.8. The fourth-order valence-corrected chi connectivity index (χ4v) is 10.9. The molecule has 1 unspecified atom stereocenters. The van der Waals surface area contributed by atoms with Crippen molar-refractivity contribution in [2.75, 3.05) is 0 Å². The first-order valence-corrected chi connectivity index (χ1v) is 20.8. The van der Waals surface area contributed by atoms with Crippen molar-refractivity contribution in [1.82, 2.24) is 9.88 Å². The summed E-state index contributed by atoms with van der Waals surface area (Å²) in [5, 5.41) is 11.3. The van der Waals surface area contributed by atoms with E-state index in [0.29, 0.717) is 0 Å². The number of nitrogens with zero attached hydrogens (tertiary/aromatic N) is 3. The number of hydrogen-bond donors (Lipinski definition) is 1. The Labute approximate surface area is 336 Å². The number of para-hydroxylation sites is 2. The highest BCUT2D eigenvalue weighted by Gasteiger charge is 2.22. The summed E-state index contributed by atoms with van der Waals surface area (Å²) in [6, 6.07) is 65.5. The molecule has 3 aromatic heterocycles.